The zero-order valence-electron chi connectivity index (χ0n) is 12.5. The average molecular weight is 278 g/mol. The number of primary amides is 1. The van der Waals surface area contributed by atoms with Crippen LogP contribution >= 0.6 is 0 Å². The molecule has 0 fully saturated rings. The van der Waals surface area contributed by atoms with Crippen LogP contribution in [0.2, 0.25) is 0 Å². The van der Waals surface area contributed by atoms with Crippen molar-refractivity contribution in [1.82, 2.24) is 9.80 Å². The Morgan fingerprint density at radius 3 is 2.45 bits per heavy atom. The average Bonchev–Trinajstić information content (AvgIpc) is 2.36. The van der Waals surface area contributed by atoms with Gasteiger partial charge in [-0.05, 0) is 17.7 Å². The molecule has 110 valence electrons. The molecule has 0 aliphatic rings. The third-order valence-corrected chi connectivity index (χ3v) is 2.48. The Kier molecular flexibility index (Phi) is 5.83. The van der Waals surface area contributed by atoms with E-state index in [4.69, 9.17) is 10.5 Å². The molecule has 6 heteroatoms. The molecule has 0 aromatic heterocycles. The van der Waals surface area contributed by atoms with Gasteiger partial charge in [-0.25, -0.2) is 4.99 Å². The summed E-state index contributed by atoms with van der Waals surface area (Å²) in [4.78, 5) is 19.1. The van der Waals surface area contributed by atoms with E-state index in [0.29, 0.717) is 12.3 Å². The Labute approximate surface area is 119 Å². The van der Waals surface area contributed by atoms with Gasteiger partial charge in [0, 0.05) is 28.2 Å². The number of nitrogens with two attached hydrogens (primary N) is 1. The quantitative estimate of drug-likeness (QED) is 0.630. The second-order valence-corrected chi connectivity index (χ2v) is 4.81. The Morgan fingerprint density at radius 1 is 1.25 bits per heavy atom. The van der Waals surface area contributed by atoms with E-state index in [1.807, 2.05) is 56.2 Å². The summed E-state index contributed by atoms with van der Waals surface area (Å²) in [5, 5.41) is 0. The van der Waals surface area contributed by atoms with Crippen LogP contribution in [0.5, 0.6) is 5.75 Å². The van der Waals surface area contributed by atoms with Gasteiger partial charge >= 0.3 is 0 Å². The maximum Gasteiger partial charge on any atom is 0.255 e. The van der Waals surface area contributed by atoms with Gasteiger partial charge in [0.25, 0.3) is 5.91 Å². The smallest absolute Gasteiger partial charge is 0.255 e. The van der Waals surface area contributed by atoms with Crippen molar-refractivity contribution in [2.45, 2.75) is 6.54 Å². The van der Waals surface area contributed by atoms with E-state index in [-0.39, 0.29) is 6.61 Å². The number of guanidine groups is 1. The van der Waals surface area contributed by atoms with Crippen LogP contribution in [-0.4, -0.2) is 56.5 Å². The first-order valence-corrected chi connectivity index (χ1v) is 6.29. The summed E-state index contributed by atoms with van der Waals surface area (Å²) >= 11 is 0. The molecule has 0 bridgehead atoms. The van der Waals surface area contributed by atoms with Gasteiger partial charge in [-0.15, -0.1) is 0 Å². The molecule has 2 N–H and O–H groups in total. The van der Waals surface area contributed by atoms with Gasteiger partial charge in [0.2, 0.25) is 0 Å². The molecule has 1 aromatic carbocycles. The number of carbonyl (C=O) groups excluding carboxylic acids is 1. The Balaban J connectivity index is 2.75. The van der Waals surface area contributed by atoms with Gasteiger partial charge in [-0.2, -0.15) is 0 Å². The molecule has 0 aliphatic heterocycles. The van der Waals surface area contributed by atoms with Crippen LogP contribution in [0.25, 0.3) is 0 Å². The van der Waals surface area contributed by atoms with Gasteiger partial charge in [0.15, 0.2) is 12.6 Å². The summed E-state index contributed by atoms with van der Waals surface area (Å²) < 4.78 is 5.27. The number of ether oxygens (including phenoxy) is 1. The second-order valence-electron chi connectivity index (χ2n) is 4.81. The second kappa shape index (κ2) is 7.37. The van der Waals surface area contributed by atoms with Crippen LogP contribution in [0.4, 0.5) is 0 Å². The summed E-state index contributed by atoms with van der Waals surface area (Å²) in [6.45, 7) is 0.423. The largest absolute Gasteiger partial charge is 0.484 e. The van der Waals surface area contributed by atoms with Crippen molar-refractivity contribution in [3.63, 3.8) is 0 Å². The monoisotopic (exact) mass is 278 g/mol. The number of carbonyl (C=O) groups is 1. The fourth-order valence-electron chi connectivity index (χ4n) is 1.73. The number of hydrogen-bond donors (Lipinski definition) is 1. The lowest BCUT2D eigenvalue weighted by Gasteiger charge is -2.22. The molecular formula is C14H22N4O2. The molecule has 0 heterocycles. The van der Waals surface area contributed by atoms with Crippen LogP contribution in [0.3, 0.4) is 0 Å². The Hall–Kier alpha value is -2.24. The SMILES string of the molecule is CN(C)C(=NCc1cccc(OCC(N)=O)c1)N(C)C. The molecule has 1 aromatic rings. The third kappa shape index (κ3) is 5.17. The van der Waals surface area contributed by atoms with Crippen LogP contribution < -0.4 is 10.5 Å². The molecule has 1 rings (SSSR count). The highest BCUT2D eigenvalue weighted by molar-refractivity contribution is 5.79. The summed E-state index contributed by atoms with van der Waals surface area (Å²) in [6, 6.07) is 7.47. The minimum absolute atomic E-state index is 0.118. The highest BCUT2D eigenvalue weighted by atomic mass is 16.5. The zero-order valence-corrected chi connectivity index (χ0v) is 12.5. The van der Waals surface area contributed by atoms with Crippen molar-refractivity contribution in [1.29, 1.82) is 0 Å². The van der Waals surface area contributed by atoms with Crippen LogP contribution in [0.1, 0.15) is 5.56 Å². The fraction of sp³-hybridized carbons (Fsp3) is 0.429. The Bertz CT molecular complexity index is 474. The molecule has 0 saturated heterocycles. The zero-order chi connectivity index (χ0) is 15.1. The lowest BCUT2D eigenvalue weighted by molar-refractivity contribution is -0.119. The molecule has 0 spiro atoms. The van der Waals surface area contributed by atoms with Gasteiger partial charge in [0.05, 0.1) is 6.54 Å². The van der Waals surface area contributed by atoms with Crippen molar-refractivity contribution >= 4 is 11.9 Å². The van der Waals surface area contributed by atoms with E-state index < -0.39 is 5.91 Å². The predicted octanol–water partition coefficient (Wildman–Crippen LogP) is 0.530. The van der Waals surface area contributed by atoms with E-state index in [1.54, 1.807) is 6.07 Å². The number of amides is 1. The number of hydrogen-bond acceptors (Lipinski definition) is 3. The first-order valence-electron chi connectivity index (χ1n) is 6.29. The van der Waals surface area contributed by atoms with Crippen molar-refractivity contribution in [2.24, 2.45) is 10.7 Å². The summed E-state index contributed by atoms with van der Waals surface area (Å²) in [5.41, 5.74) is 6.05. The molecule has 6 nitrogen and oxygen atoms in total. The standard InChI is InChI=1S/C14H22N4O2/c1-17(2)14(18(3)4)16-9-11-6-5-7-12(8-11)20-10-13(15)19/h5-8H,9-10H2,1-4H3,(H2,15,19). The van der Waals surface area contributed by atoms with E-state index in [9.17, 15) is 4.79 Å². The topological polar surface area (TPSA) is 71.2 Å². The molecule has 0 radical (unpaired) electrons. The van der Waals surface area contributed by atoms with Gasteiger partial charge < -0.3 is 20.3 Å². The van der Waals surface area contributed by atoms with Gasteiger partial charge in [-0.1, -0.05) is 12.1 Å². The van der Waals surface area contributed by atoms with E-state index in [1.165, 1.54) is 0 Å². The fourth-order valence-corrected chi connectivity index (χ4v) is 1.73. The Morgan fingerprint density at radius 2 is 1.90 bits per heavy atom. The van der Waals surface area contributed by atoms with Crippen LogP contribution in [-0.2, 0) is 11.3 Å². The predicted molar refractivity (Wildman–Crippen MR) is 79.6 cm³/mol. The minimum atomic E-state index is -0.490. The maximum atomic E-state index is 10.7. The lowest BCUT2D eigenvalue weighted by atomic mass is 10.2. The number of rotatable bonds is 5. The number of nitrogens with zero attached hydrogens (tertiary/aromatic N) is 3. The van der Waals surface area contributed by atoms with Gasteiger partial charge in [0.1, 0.15) is 5.75 Å². The van der Waals surface area contributed by atoms with Crippen molar-refractivity contribution in [2.75, 3.05) is 34.8 Å². The molecule has 0 aliphatic carbocycles. The number of benzene rings is 1. The third-order valence-electron chi connectivity index (χ3n) is 2.48. The van der Waals surface area contributed by atoms with E-state index in [2.05, 4.69) is 4.99 Å². The van der Waals surface area contributed by atoms with Crippen molar-refractivity contribution in [3.05, 3.63) is 29.8 Å². The molecule has 0 atom stereocenters. The van der Waals surface area contributed by atoms with E-state index in [0.717, 1.165) is 11.5 Å². The minimum Gasteiger partial charge on any atom is -0.484 e. The van der Waals surface area contributed by atoms with E-state index >= 15 is 0 Å². The maximum absolute atomic E-state index is 10.7. The first kappa shape index (κ1) is 15.8. The number of aliphatic imine (C=N–C) groups is 1. The van der Waals surface area contributed by atoms with Crippen LogP contribution in [0, 0.1) is 0 Å². The summed E-state index contributed by atoms with van der Waals surface area (Å²) in [7, 11) is 7.80. The van der Waals surface area contributed by atoms with Gasteiger partial charge in [-0.3, -0.25) is 4.79 Å². The lowest BCUT2D eigenvalue weighted by Crippen LogP contribution is -2.35. The highest BCUT2D eigenvalue weighted by Gasteiger charge is 2.04. The highest BCUT2D eigenvalue weighted by Crippen LogP contribution is 2.14. The normalized spacial score (nSPS) is 9.80. The first-order chi connectivity index (χ1) is 9.40. The van der Waals surface area contributed by atoms with Crippen molar-refractivity contribution in [3.8, 4) is 5.75 Å². The van der Waals surface area contributed by atoms with Crippen molar-refractivity contribution < 1.29 is 9.53 Å². The molecular weight excluding hydrogens is 256 g/mol. The summed E-state index contributed by atoms with van der Waals surface area (Å²) in [5.74, 6) is 1.01. The molecule has 1 amide bonds. The molecule has 0 saturated carbocycles. The molecule has 20 heavy (non-hydrogen) atoms. The summed E-state index contributed by atoms with van der Waals surface area (Å²) in [6.07, 6.45) is 0. The molecule has 0 unspecified atom stereocenters. The van der Waals surface area contributed by atoms with Crippen LogP contribution in [0.15, 0.2) is 29.3 Å².